The van der Waals surface area contributed by atoms with Crippen LogP contribution in [0, 0.1) is 0 Å². The molecule has 33 heavy (non-hydrogen) atoms. The molecule has 0 aliphatic carbocycles. The number of imide groups is 1. The maximum absolute atomic E-state index is 13.5. The molecule has 162 valence electrons. The minimum Gasteiger partial charge on any atom is -0.327 e. The third-order valence-electron chi connectivity index (χ3n) is 6.28. The van der Waals surface area contributed by atoms with Crippen molar-refractivity contribution in [1.29, 1.82) is 0 Å². The van der Waals surface area contributed by atoms with Gasteiger partial charge in [0.15, 0.2) is 0 Å². The van der Waals surface area contributed by atoms with E-state index in [1.807, 2.05) is 66.7 Å². The average Bonchev–Trinajstić information content (AvgIpc) is 3.29. The lowest BCUT2D eigenvalue weighted by Crippen LogP contribution is -2.41. The summed E-state index contributed by atoms with van der Waals surface area (Å²) < 4.78 is 1.48. The summed E-state index contributed by atoms with van der Waals surface area (Å²) in [6.07, 6.45) is 0. The van der Waals surface area contributed by atoms with E-state index in [-0.39, 0.29) is 18.0 Å². The van der Waals surface area contributed by atoms with Gasteiger partial charge < -0.3 is 10.3 Å². The number of fused-ring (bicyclic) bond motifs is 4. The fourth-order valence-electron chi connectivity index (χ4n) is 4.67. The van der Waals surface area contributed by atoms with E-state index in [4.69, 9.17) is 0 Å². The molecule has 0 saturated carbocycles. The Hall–Kier alpha value is -4.46. The van der Waals surface area contributed by atoms with Crippen molar-refractivity contribution < 1.29 is 9.59 Å². The van der Waals surface area contributed by atoms with Crippen LogP contribution >= 0.6 is 0 Å². The molecule has 0 radical (unpaired) electrons. The Morgan fingerprint density at radius 1 is 0.939 bits per heavy atom. The zero-order valence-corrected chi connectivity index (χ0v) is 17.7. The van der Waals surface area contributed by atoms with Gasteiger partial charge in [0, 0.05) is 11.8 Å². The van der Waals surface area contributed by atoms with E-state index in [0.717, 1.165) is 21.2 Å². The second-order valence-electron chi connectivity index (χ2n) is 8.37. The molecule has 1 aliphatic heterocycles. The number of nitrogens with one attached hydrogen (secondary N) is 2. The summed E-state index contributed by atoms with van der Waals surface area (Å²) in [5.41, 5.74) is 1.03. The normalized spacial score (nSPS) is 18.5. The van der Waals surface area contributed by atoms with Crippen LogP contribution in [-0.2, 0) is 16.9 Å². The molecule has 3 aromatic carbocycles. The van der Waals surface area contributed by atoms with Crippen LogP contribution in [0.5, 0.6) is 0 Å². The molecule has 1 saturated heterocycles. The Bertz CT molecular complexity index is 1660. The quantitative estimate of drug-likeness (QED) is 0.423. The molecule has 3 heterocycles. The molecule has 5 aromatic rings. The molecule has 1 fully saturated rings. The zero-order chi connectivity index (χ0) is 22.7. The lowest BCUT2D eigenvalue weighted by Gasteiger charge is -2.24. The molecule has 2 N–H and O–H groups in total. The number of carbonyl (C=O) groups excluding carboxylic acids is 2. The molecule has 8 heteroatoms. The minimum atomic E-state index is -1.22. The Balaban J connectivity index is 1.39. The van der Waals surface area contributed by atoms with Crippen molar-refractivity contribution in [2.75, 3.05) is 0 Å². The number of H-pyrrole nitrogens is 1. The lowest BCUT2D eigenvalue weighted by atomic mass is 9.88. The number of para-hydroxylation sites is 2. The highest BCUT2D eigenvalue weighted by molar-refractivity contribution is 6.09. The number of nitrogens with zero attached hydrogens (tertiary/aromatic N) is 3. The fraction of sp³-hybridized carbons (Fsp3) is 0.120. The maximum Gasteiger partial charge on any atom is 0.325 e. The molecule has 1 atom stereocenters. The number of carbonyl (C=O) groups is 2. The number of imidazole rings is 1. The number of benzene rings is 3. The van der Waals surface area contributed by atoms with Gasteiger partial charge in [-0.25, -0.2) is 14.2 Å². The molecule has 6 rings (SSSR count). The Kier molecular flexibility index (Phi) is 3.95. The van der Waals surface area contributed by atoms with E-state index in [0.29, 0.717) is 22.5 Å². The van der Waals surface area contributed by atoms with Crippen molar-refractivity contribution in [3.63, 3.8) is 0 Å². The van der Waals surface area contributed by atoms with Gasteiger partial charge >= 0.3 is 6.03 Å². The third-order valence-corrected chi connectivity index (χ3v) is 6.28. The van der Waals surface area contributed by atoms with Crippen molar-refractivity contribution in [3.8, 4) is 0 Å². The molecule has 2 aromatic heterocycles. The molecule has 1 aliphatic rings. The average molecular weight is 437 g/mol. The summed E-state index contributed by atoms with van der Waals surface area (Å²) in [5.74, 6) is -0.0133. The first-order valence-corrected chi connectivity index (χ1v) is 10.6. The van der Waals surface area contributed by atoms with Crippen LogP contribution in [0.25, 0.3) is 27.6 Å². The second kappa shape index (κ2) is 6.77. The SMILES string of the molecule is CC1(c2cccc3ccccc23)NC(=O)N(Cc2cc(=O)n3c(nc4ccccc43)[nH]2)C1=O. The molecule has 3 amide bonds. The van der Waals surface area contributed by atoms with Gasteiger partial charge in [0.2, 0.25) is 5.78 Å². The number of hydrogen-bond donors (Lipinski definition) is 2. The maximum atomic E-state index is 13.5. The summed E-state index contributed by atoms with van der Waals surface area (Å²) in [7, 11) is 0. The van der Waals surface area contributed by atoms with Crippen molar-refractivity contribution >= 4 is 39.5 Å². The minimum absolute atomic E-state index is 0.0695. The van der Waals surface area contributed by atoms with E-state index in [9.17, 15) is 14.4 Å². The predicted octanol–water partition coefficient (Wildman–Crippen LogP) is 3.30. The molecular weight excluding hydrogens is 418 g/mol. The Labute approximate surface area is 187 Å². The van der Waals surface area contributed by atoms with Crippen LogP contribution in [0.1, 0.15) is 18.2 Å². The fourth-order valence-corrected chi connectivity index (χ4v) is 4.67. The first-order valence-electron chi connectivity index (χ1n) is 10.6. The largest absolute Gasteiger partial charge is 0.327 e. The van der Waals surface area contributed by atoms with Crippen LogP contribution in [0.2, 0.25) is 0 Å². The number of amides is 3. The lowest BCUT2D eigenvalue weighted by molar-refractivity contribution is -0.131. The van der Waals surface area contributed by atoms with Crippen LogP contribution < -0.4 is 10.9 Å². The van der Waals surface area contributed by atoms with Gasteiger partial charge in [0.1, 0.15) is 5.54 Å². The van der Waals surface area contributed by atoms with Gasteiger partial charge in [0.25, 0.3) is 11.5 Å². The summed E-state index contributed by atoms with van der Waals surface area (Å²) in [5, 5.41) is 4.74. The summed E-state index contributed by atoms with van der Waals surface area (Å²) in [6, 6.07) is 21.7. The monoisotopic (exact) mass is 437 g/mol. The highest BCUT2D eigenvalue weighted by Gasteiger charge is 2.49. The standard InChI is InChI=1S/C25H19N5O3/c1-25(18-10-6-8-15-7-2-3-9-17(15)18)22(32)29(24(33)28-25)14-16-13-21(31)30-20-12-5-4-11-19(20)27-23(30)26-16/h2-13H,14H2,1H3,(H,26,27)(H,28,33). The van der Waals surface area contributed by atoms with E-state index >= 15 is 0 Å². The summed E-state index contributed by atoms with van der Waals surface area (Å²) >= 11 is 0. The van der Waals surface area contributed by atoms with Crippen molar-refractivity contribution in [2.45, 2.75) is 19.0 Å². The van der Waals surface area contributed by atoms with Gasteiger partial charge in [0.05, 0.1) is 17.6 Å². The van der Waals surface area contributed by atoms with Gasteiger partial charge in [-0.2, -0.15) is 0 Å². The first-order chi connectivity index (χ1) is 16.0. The van der Waals surface area contributed by atoms with Gasteiger partial charge in [-0.15, -0.1) is 0 Å². The summed E-state index contributed by atoms with van der Waals surface area (Å²) in [6.45, 7) is 1.64. The number of aromatic amines is 1. The van der Waals surface area contributed by atoms with Gasteiger partial charge in [-0.3, -0.25) is 14.5 Å². The Morgan fingerprint density at radius 2 is 1.70 bits per heavy atom. The molecule has 0 bridgehead atoms. The van der Waals surface area contributed by atoms with Crippen molar-refractivity contribution in [3.05, 3.63) is 94.4 Å². The predicted molar refractivity (Wildman–Crippen MR) is 124 cm³/mol. The van der Waals surface area contributed by atoms with E-state index in [2.05, 4.69) is 15.3 Å². The van der Waals surface area contributed by atoms with Crippen molar-refractivity contribution in [1.82, 2.24) is 24.6 Å². The first kappa shape index (κ1) is 19.2. The molecule has 0 spiro atoms. The zero-order valence-electron chi connectivity index (χ0n) is 17.7. The number of hydrogen-bond acceptors (Lipinski definition) is 4. The van der Waals surface area contributed by atoms with Gasteiger partial charge in [-0.1, -0.05) is 54.6 Å². The molecule has 8 nitrogen and oxygen atoms in total. The van der Waals surface area contributed by atoms with Gasteiger partial charge in [-0.05, 0) is 35.4 Å². The van der Waals surface area contributed by atoms with Crippen LogP contribution in [0.15, 0.2) is 77.6 Å². The highest BCUT2D eigenvalue weighted by atomic mass is 16.2. The number of aromatic nitrogens is 3. The molecular formula is C25H19N5O3. The van der Waals surface area contributed by atoms with E-state index in [1.165, 1.54) is 10.5 Å². The van der Waals surface area contributed by atoms with Crippen LogP contribution in [0.4, 0.5) is 4.79 Å². The number of rotatable bonds is 3. The van der Waals surface area contributed by atoms with Crippen LogP contribution in [-0.4, -0.2) is 31.2 Å². The van der Waals surface area contributed by atoms with E-state index in [1.54, 1.807) is 6.92 Å². The smallest absolute Gasteiger partial charge is 0.325 e. The summed E-state index contributed by atoms with van der Waals surface area (Å²) in [4.78, 5) is 47.9. The van der Waals surface area contributed by atoms with Crippen molar-refractivity contribution in [2.24, 2.45) is 0 Å². The third kappa shape index (κ3) is 2.77. The molecule has 1 unspecified atom stereocenters. The van der Waals surface area contributed by atoms with E-state index < -0.39 is 11.6 Å². The topological polar surface area (TPSA) is 99.6 Å². The highest BCUT2D eigenvalue weighted by Crippen LogP contribution is 2.34. The second-order valence-corrected chi connectivity index (χ2v) is 8.37. The number of urea groups is 1. The Morgan fingerprint density at radius 3 is 2.58 bits per heavy atom. The van der Waals surface area contributed by atoms with Crippen LogP contribution in [0.3, 0.4) is 0 Å².